The molecule has 0 saturated carbocycles. The molecular weight excluding hydrogens is 208 g/mol. The molecule has 1 rings (SSSR count). The number of hydrogen-bond donors (Lipinski definition) is 0. The molecule has 0 spiro atoms. The van der Waals surface area contributed by atoms with Crippen molar-refractivity contribution in [1.29, 1.82) is 5.26 Å². The van der Waals surface area contributed by atoms with Crippen molar-refractivity contribution >= 4 is 15.9 Å². The van der Waals surface area contributed by atoms with Gasteiger partial charge in [0.1, 0.15) is 6.07 Å². The Bertz CT molecular complexity index is 257. The molecular formula is C7H5BrN2O. The first kappa shape index (κ1) is 8.02. The predicted molar refractivity (Wildman–Crippen MR) is 43.2 cm³/mol. The van der Waals surface area contributed by atoms with Gasteiger partial charge in [-0.1, -0.05) is 6.07 Å². The van der Waals surface area contributed by atoms with Crippen LogP contribution in [0.15, 0.2) is 24.4 Å². The molecule has 0 aromatic carbocycles. The van der Waals surface area contributed by atoms with Crippen LogP contribution >= 0.6 is 15.9 Å². The Balaban J connectivity index is 2.60. The number of aromatic nitrogens is 1. The Morgan fingerprint density at radius 1 is 1.64 bits per heavy atom. The SMILES string of the molecule is N#C[C@H](Br)Oc1ccccn1. The molecule has 0 unspecified atom stereocenters. The van der Waals surface area contributed by atoms with Crippen molar-refractivity contribution in [3.8, 4) is 11.9 Å². The second-order valence-corrected chi connectivity index (χ2v) is 2.56. The maximum absolute atomic E-state index is 8.35. The largest absolute Gasteiger partial charge is 0.448 e. The maximum Gasteiger partial charge on any atom is 0.240 e. The van der Waals surface area contributed by atoms with E-state index in [1.807, 2.05) is 6.07 Å². The highest BCUT2D eigenvalue weighted by Gasteiger charge is 2.01. The highest BCUT2D eigenvalue weighted by molar-refractivity contribution is 9.09. The molecule has 1 atom stereocenters. The molecule has 56 valence electrons. The van der Waals surface area contributed by atoms with Gasteiger partial charge in [0.2, 0.25) is 10.9 Å². The normalized spacial score (nSPS) is 11.6. The minimum Gasteiger partial charge on any atom is -0.448 e. The summed E-state index contributed by atoms with van der Waals surface area (Å²) in [6, 6.07) is 7.13. The standard InChI is InChI=1S/C7H5BrN2O/c8-6(5-9)11-7-3-1-2-4-10-7/h1-4,6H/t6-/m1/s1. The lowest BCUT2D eigenvalue weighted by Gasteiger charge is -2.02. The molecule has 0 N–H and O–H groups in total. The number of alkyl halides is 1. The predicted octanol–water partition coefficient (Wildman–Crippen LogP) is 1.70. The molecule has 1 aromatic heterocycles. The first-order chi connectivity index (χ1) is 5.33. The summed E-state index contributed by atoms with van der Waals surface area (Å²) in [4.78, 5) is 3.86. The highest BCUT2D eigenvalue weighted by Crippen LogP contribution is 2.08. The molecule has 0 bridgehead atoms. The van der Waals surface area contributed by atoms with Gasteiger partial charge in [0.05, 0.1) is 0 Å². The molecule has 0 amide bonds. The molecule has 0 fully saturated rings. The van der Waals surface area contributed by atoms with Gasteiger partial charge in [-0.05, 0) is 22.0 Å². The zero-order valence-electron chi connectivity index (χ0n) is 5.57. The third-order valence-corrected chi connectivity index (χ3v) is 1.36. The number of ether oxygens (including phenoxy) is 1. The molecule has 0 radical (unpaired) electrons. The monoisotopic (exact) mass is 212 g/mol. The molecule has 1 heterocycles. The number of nitriles is 1. The van der Waals surface area contributed by atoms with E-state index in [0.717, 1.165) is 0 Å². The summed E-state index contributed by atoms with van der Waals surface area (Å²) < 4.78 is 5.01. The van der Waals surface area contributed by atoms with E-state index in [9.17, 15) is 0 Å². The van der Waals surface area contributed by atoms with Crippen molar-refractivity contribution in [3.05, 3.63) is 24.4 Å². The van der Waals surface area contributed by atoms with Crippen molar-refractivity contribution in [2.24, 2.45) is 0 Å². The van der Waals surface area contributed by atoms with Crippen molar-refractivity contribution in [2.45, 2.75) is 5.01 Å². The highest BCUT2D eigenvalue weighted by atomic mass is 79.9. The topological polar surface area (TPSA) is 45.9 Å². The summed E-state index contributed by atoms with van der Waals surface area (Å²) in [5.74, 6) is 0.441. The van der Waals surface area contributed by atoms with Crippen LogP contribution < -0.4 is 4.74 Å². The average Bonchev–Trinajstić information content (AvgIpc) is 2.06. The Kier molecular flexibility index (Phi) is 2.87. The number of rotatable bonds is 2. The summed E-state index contributed by atoms with van der Waals surface area (Å²) >= 11 is 2.99. The van der Waals surface area contributed by atoms with Crippen LogP contribution in [0.3, 0.4) is 0 Å². The molecule has 4 heteroatoms. The number of halogens is 1. The smallest absolute Gasteiger partial charge is 0.240 e. The van der Waals surface area contributed by atoms with E-state index in [0.29, 0.717) is 5.88 Å². The van der Waals surface area contributed by atoms with Gasteiger partial charge in [-0.3, -0.25) is 0 Å². The quantitative estimate of drug-likeness (QED) is 0.702. The maximum atomic E-state index is 8.35. The zero-order chi connectivity index (χ0) is 8.10. The lowest BCUT2D eigenvalue weighted by molar-refractivity contribution is 0.330. The van der Waals surface area contributed by atoms with Crippen LogP contribution in [0, 0.1) is 11.3 Å². The lowest BCUT2D eigenvalue weighted by atomic mass is 10.5. The van der Waals surface area contributed by atoms with Crippen molar-refractivity contribution < 1.29 is 4.74 Å². The zero-order valence-corrected chi connectivity index (χ0v) is 7.15. The van der Waals surface area contributed by atoms with E-state index in [1.165, 1.54) is 0 Å². The van der Waals surface area contributed by atoms with E-state index >= 15 is 0 Å². The van der Waals surface area contributed by atoms with E-state index in [4.69, 9.17) is 10.00 Å². The van der Waals surface area contributed by atoms with Crippen LogP contribution in [0.1, 0.15) is 0 Å². The second kappa shape index (κ2) is 3.94. The van der Waals surface area contributed by atoms with Crippen molar-refractivity contribution in [1.82, 2.24) is 4.98 Å². The van der Waals surface area contributed by atoms with Gasteiger partial charge in [0.25, 0.3) is 0 Å². The van der Waals surface area contributed by atoms with Gasteiger partial charge in [-0.2, -0.15) is 5.26 Å². The van der Waals surface area contributed by atoms with Crippen molar-refractivity contribution in [2.75, 3.05) is 0 Å². The van der Waals surface area contributed by atoms with Crippen LogP contribution in [0.4, 0.5) is 0 Å². The number of nitrogens with zero attached hydrogens (tertiary/aromatic N) is 2. The summed E-state index contributed by atoms with van der Waals surface area (Å²) in [5, 5.41) is 7.72. The fraction of sp³-hybridized carbons (Fsp3) is 0.143. The molecule has 1 aromatic rings. The van der Waals surface area contributed by atoms with Gasteiger partial charge in [-0.25, -0.2) is 4.98 Å². The Hall–Kier alpha value is -1.08. The molecule has 0 saturated heterocycles. The van der Waals surface area contributed by atoms with E-state index in [2.05, 4.69) is 20.9 Å². The first-order valence-electron chi connectivity index (χ1n) is 2.94. The van der Waals surface area contributed by atoms with Crippen LogP contribution in [-0.2, 0) is 0 Å². The fourth-order valence-electron chi connectivity index (χ4n) is 0.549. The van der Waals surface area contributed by atoms with Crippen LogP contribution in [-0.4, -0.2) is 10.00 Å². The Morgan fingerprint density at radius 2 is 2.45 bits per heavy atom. The molecule has 11 heavy (non-hydrogen) atoms. The van der Waals surface area contributed by atoms with Gasteiger partial charge < -0.3 is 4.74 Å². The minimum absolute atomic E-state index is 0.441. The molecule has 3 nitrogen and oxygen atoms in total. The fourth-order valence-corrected chi connectivity index (χ4v) is 0.741. The number of hydrogen-bond acceptors (Lipinski definition) is 3. The number of pyridine rings is 1. The minimum atomic E-state index is -0.627. The third kappa shape index (κ3) is 2.56. The molecule has 0 aliphatic carbocycles. The average molecular weight is 213 g/mol. The summed E-state index contributed by atoms with van der Waals surface area (Å²) in [6.07, 6.45) is 1.60. The summed E-state index contributed by atoms with van der Waals surface area (Å²) in [5.41, 5.74) is 0. The van der Waals surface area contributed by atoms with Crippen LogP contribution in [0.25, 0.3) is 0 Å². The Morgan fingerprint density at radius 3 is 3.00 bits per heavy atom. The molecule has 0 aliphatic rings. The summed E-state index contributed by atoms with van der Waals surface area (Å²) in [7, 11) is 0. The van der Waals surface area contributed by atoms with Gasteiger partial charge in [0.15, 0.2) is 0 Å². The van der Waals surface area contributed by atoms with Gasteiger partial charge in [-0.15, -0.1) is 0 Å². The van der Waals surface area contributed by atoms with Gasteiger partial charge >= 0.3 is 0 Å². The van der Waals surface area contributed by atoms with Gasteiger partial charge in [0, 0.05) is 12.3 Å². The first-order valence-corrected chi connectivity index (χ1v) is 3.86. The third-order valence-electron chi connectivity index (χ3n) is 0.963. The van der Waals surface area contributed by atoms with E-state index in [-0.39, 0.29) is 0 Å². The van der Waals surface area contributed by atoms with E-state index in [1.54, 1.807) is 24.4 Å². The van der Waals surface area contributed by atoms with E-state index < -0.39 is 5.01 Å². The van der Waals surface area contributed by atoms with Crippen molar-refractivity contribution in [3.63, 3.8) is 0 Å². The van der Waals surface area contributed by atoms with Crippen LogP contribution in [0.2, 0.25) is 0 Å². The Labute approximate surface area is 72.8 Å². The lowest BCUT2D eigenvalue weighted by Crippen LogP contribution is -2.04. The van der Waals surface area contributed by atoms with Crippen LogP contribution in [0.5, 0.6) is 5.88 Å². The summed E-state index contributed by atoms with van der Waals surface area (Å²) in [6.45, 7) is 0. The molecule has 0 aliphatic heterocycles. The second-order valence-electron chi connectivity index (χ2n) is 1.73.